The van der Waals surface area contributed by atoms with Crippen LogP contribution in [0.4, 0.5) is 0 Å². The maximum atomic E-state index is 5.67. The molecular formula is C12H24N2O2. The average Bonchev–Trinajstić information content (AvgIpc) is 2.90. The average molecular weight is 228 g/mol. The van der Waals surface area contributed by atoms with Gasteiger partial charge in [-0.15, -0.1) is 0 Å². The number of ether oxygens (including phenoxy) is 2. The standard InChI is InChI=1S/C12H24N2O2/c1-13-7-11-3-5-14(8-11)9-12(15-2)4-6-16-10-12/h11,13H,3-10H2,1-2H3. The van der Waals surface area contributed by atoms with Gasteiger partial charge in [0.05, 0.1) is 6.61 Å². The highest BCUT2D eigenvalue weighted by Crippen LogP contribution is 2.26. The molecule has 2 unspecified atom stereocenters. The Hall–Kier alpha value is -0.160. The van der Waals surface area contributed by atoms with Crippen LogP contribution in [-0.2, 0) is 9.47 Å². The van der Waals surface area contributed by atoms with Gasteiger partial charge in [-0.25, -0.2) is 0 Å². The second-order valence-corrected chi connectivity index (χ2v) is 5.14. The SMILES string of the molecule is CNCC1CCN(CC2(OC)CCOC2)C1. The van der Waals surface area contributed by atoms with Gasteiger partial charge < -0.3 is 19.7 Å². The molecule has 2 saturated heterocycles. The van der Waals surface area contributed by atoms with E-state index in [4.69, 9.17) is 9.47 Å². The summed E-state index contributed by atoms with van der Waals surface area (Å²) in [6, 6.07) is 0. The first-order valence-corrected chi connectivity index (χ1v) is 6.28. The van der Waals surface area contributed by atoms with E-state index in [0.717, 1.165) is 38.6 Å². The van der Waals surface area contributed by atoms with Gasteiger partial charge in [0.1, 0.15) is 5.60 Å². The van der Waals surface area contributed by atoms with Crippen molar-refractivity contribution in [1.82, 2.24) is 10.2 Å². The second kappa shape index (κ2) is 5.45. The van der Waals surface area contributed by atoms with E-state index in [1.165, 1.54) is 19.5 Å². The summed E-state index contributed by atoms with van der Waals surface area (Å²) in [6.07, 6.45) is 2.35. The lowest BCUT2D eigenvalue weighted by Crippen LogP contribution is -2.44. The van der Waals surface area contributed by atoms with Crippen LogP contribution in [0.1, 0.15) is 12.8 Å². The quantitative estimate of drug-likeness (QED) is 0.735. The van der Waals surface area contributed by atoms with E-state index < -0.39 is 0 Å². The third-order valence-electron chi connectivity index (χ3n) is 3.87. The van der Waals surface area contributed by atoms with Gasteiger partial charge in [0, 0.05) is 33.2 Å². The monoisotopic (exact) mass is 228 g/mol. The summed E-state index contributed by atoms with van der Waals surface area (Å²) in [5.74, 6) is 0.807. The van der Waals surface area contributed by atoms with E-state index in [2.05, 4.69) is 10.2 Å². The summed E-state index contributed by atoms with van der Waals surface area (Å²) >= 11 is 0. The normalized spacial score (nSPS) is 36.0. The third-order valence-corrected chi connectivity index (χ3v) is 3.87. The molecule has 2 aliphatic rings. The minimum Gasteiger partial charge on any atom is -0.378 e. The minimum absolute atomic E-state index is 0.0332. The zero-order valence-corrected chi connectivity index (χ0v) is 10.5. The fourth-order valence-corrected chi connectivity index (χ4v) is 2.86. The molecule has 2 atom stereocenters. The van der Waals surface area contributed by atoms with Crippen LogP contribution in [0.3, 0.4) is 0 Å². The zero-order valence-electron chi connectivity index (χ0n) is 10.5. The maximum absolute atomic E-state index is 5.67. The Balaban J connectivity index is 1.81. The van der Waals surface area contributed by atoms with Crippen molar-refractivity contribution in [1.29, 1.82) is 0 Å². The molecule has 0 spiro atoms. The summed E-state index contributed by atoms with van der Waals surface area (Å²) in [4.78, 5) is 2.53. The van der Waals surface area contributed by atoms with Crippen molar-refractivity contribution >= 4 is 0 Å². The fraction of sp³-hybridized carbons (Fsp3) is 1.00. The Bertz CT molecular complexity index is 217. The van der Waals surface area contributed by atoms with Crippen LogP contribution in [0.5, 0.6) is 0 Å². The van der Waals surface area contributed by atoms with Gasteiger partial charge in [-0.2, -0.15) is 0 Å². The number of nitrogens with one attached hydrogen (secondary N) is 1. The molecule has 0 aromatic rings. The molecule has 16 heavy (non-hydrogen) atoms. The van der Waals surface area contributed by atoms with Crippen molar-refractivity contribution in [3.05, 3.63) is 0 Å². The molecule has 0 saturated carbocycles. The van der Waals surface area contributed by atoms with Crippen LogP contribution >= 0.6 is 0 Å². The largest absolute Gasteiger partial charge is 0.378 e. The summed E-state index contributed by atoms with van der Waals surface area (Å²) in [5, 5.41) is 3.26. The highest BCUT2D eigenvalue weighted by molar-refractivity contribution is 4.90. The summed E-state index contributed by atoms with van der Waals surface area (Å²) in [7, 11) is 3.85. The van der Waals surface area contributed by atoms with Crippen molar-refractivity contribution in [2.45, 2.75) is 18.4 Å². The van der Waals surface area contributed by atoms with Crippen LogP contribution in [0.25, 0.3) is 0 Å². The van der Waals surface area contributed by atoms with E-state index in [1.807, 2.05) is 14.2 Å². The molecular weight excluding hydrogens is 204 g/mol. The highest BCUT2D eigenvalue weighted by atomic mass is 16.5. The topological polar surface area (TPSA) is 33.7 Å². The van der Waals surface area contributed by atoms with E-state index >= 15 is 0 Å². The van der Waals surface area contributed by atoms with Gasteiger partial charge in [0.25, 0.3) is 0 Å². The van der Waals surface area contributed by atoms with Gasteiger partial charge in [-0.3, -0.25) is 0 Å². The lowest BCUT2D eigenvalue weighted by atomic mass is 10.0. The summed E-state index contributed by atoms with van der Waals surface area (Å²) in [6.45, 7) is 6.18. The maximum Gasteiger partial charge on any atom is 0.106 e. The number of likely N-dealkylation sites (tertiary alicyclic amines) is 1. The lowest BCUT2D eigenvalue weighted by Gasteiger charge is -2.30. The fourth-order valence-electron chi connectivity index (χ4n) is 2.86. The van der Waals surface area contributed by atoms with Crippen LogP contribution in [0, 0.1) is 5.92 Å². The Labute approximate surface area is 98.3 Å². The molecule has 2 heterocycles. The van der Waals surface area contributed by atoms with Gasteiger partial charge in [0.2, 0.25) is 0 Å². The number of hydrogen-bond acceptors (Lipinski definition) is 4. The van der Waals surface area contributed by atoms with E-state index in [0.29, 0.717) is 0 Å². The number of nitrogens with zero attached hydrogens (tertiary/aromatic N) is 1. The molecule has 2 fully saturated rings. The Morgan fingerprint density at radius 2 is 2.44 bits per heavy atom. The Kier molecular flexibility index (Phi) is 4.19. The molecule has 2 aliphatic heterocycles. The smallest absolute Gasteiger partial charge is 0.106 e. The predicted octanol–water partition coefficient (Wildman–Crippen LogP) is 0.333. The van der Waals surface area contributed by atoms with E-state index in [-0.39, 0.29) is 5.60 Å². The van der Waals surface area contributed by atoms with Crippen molar-refractivity contribution < 1.29 is 9.47 Å². The van der Waals surface area contributed by atoms with Gasteiger partial charge in [0.15, 0.2) is 0 Å². The zero-order chi connectivity index (χ0) is 11.4. The molecule has 2 rings (SSSR count). The van der Waals surface area contributed by atoms with Crippen molar-refractivity contribution in [2.75, 3.05) is 53.6 Å². The van der Waals surface area contributed by atoms with Gasteiger partial charge in [-0.05, 0) is 32.5 Å². The molecule has 0 aliphatic carbocycles. The van der Waals surface area contributed by atoms with E-state index in [1.54, 1.807) is 0 Å². The van der Waals surface area contributed by atoms with Crippen molar-refractivity contribution in [2.24, 2.45) is 5.92 Å². The van der Waals surface area contributed by atoms with Crippen LogP contribution < -0.4 is 5.32 Å². The molecule has 0 radical (unpaired) electrons. The Morgan fingerprint density at radius 3 is 3.06 bits per heavy atom. The minimum atomic E-state index is -0.0332. The van der Waals surface area contributed by atoms with Crippen LogP contribution in [-0.4, -0.2) is 64.1 Å². The molecule has 0 aromatic carbocycles. The second-order valence-electron chi connectivity index (χ2n) is 5.14. The van der Waals surface area contributed by atoms with Crippen LogP contribution in [0.2, 0.25) is 0 Å². The van der Waals surface area contributed by atoms with Crippen LogP contribution in [0.15, 0.2) is 0 Å². The van der Waals surface area contributed by atoms with E-state index in [9.17, 15) is 0 Å². The molecule has 4 heteroatoms. The molecule has 1 N–H and O–H groups in total. The summed E-state index contributed by atoms with van der Waals surface area (Å²) < 4.78 is 11.1. The number of rotatable bonds is 5. The number of methoxy groups -OCH3 is 1. The van der Waals surface area contributed by atoms with Gasteiger partial charge in [-0.1, -0.05) is 0 Å². The first-order valence-electron chi connectivity index (χ1n) is 6.28. The lowest BCUT2D eigenvalue weighted by molar-refractivity contribution is -0.0375. The first kappa shape index (κ1) is 12.3. The van der Waals surface area contributed by atoms with Crippen molar-refractivity contribution in [3.8, 4) is 0 Å². The molecule has 0 aromatic heterocycles. The molecule has 94 valence electrons. The Morgan fingerprint density at radius 1 is 1.56 bits per heavy atom. The van der Waals surface area contributed by atoms with Gasteiger partial charge >= 0.3 is 0 Å². The third kappa shape index (κ3) is 2.74. The van der Waals surface area contributed by atoms with Crippen molar-refractivity contribution in [3.63, 3.8) is 0 Å². The molecule has 4 nitrogen and oxygen atoms in total. The predicted molar refractivity (Wildman–Crippen MR) is 63.6 cm³/mol. The number of hydrogen-bond donors (Lipinski definition) is 1. The molecule has 0 amide bonds. The first-order chi connectivity index (χ1) is 7.78. The highest BCUT2D eigenvalue weighted by Gasteiger charge is 2.38. The molecule has 0 bridgehead atoms. The summed E-state index contributed by atoms with van der Waals surface area (Å²) in [5.41, 5.74) is -0.0332.